The third kappa shape index (κ3) is 28.8. The van der Waals surface area contributed by atoms with Gasteiger partial charge in [-0.2, -0.15) is 0 Å². The number of aliphatic hydroxyl groups is 6. The minimum absolute atomic E-state index is 0. The molecule has 0 heterocycles. The molecule has 2 aromatic carbocycles. The van der Waals surface area contributed by atoms with Gasteiger partial charge in [0, 0.05) is 127 Å². The molecular formula is C78H125Ac2BrO12S2. The van der Waals surface area contributed by atoms with Gasteiger partial charge in [0.1, 0.15) is 5.25 Å². The Morgan fingerprint density at radius 2 is 0.684 bits per heavy atom. The zero-order valence-electron chi connectivity index (χ0n) is 61.9. The number of ketones is 2. The van der Waals surface area contributed by atoms with Crippen LogP contribution in [-0.2, 0) is 29.3 Å². The molecule has 6 aliphatic rings. The zero-order valence-corrected chi connectivity index (χ0v) is 74.6. The number of benzene rings is 2. The third-order valence-corrected chi connectivity index (χ3v) is 24.5. The average Bonchev–Trinajstić information content (AvgIpc) is 0.779. The van der Waals surface area contributed by atoms with Crippen LogP contribution in [0.1, 0.15) is 253 Å². The Kier molecular flexibility index (Phi) is 43.0. The first-order valence-electron chi connectivity index (χ1n) is 34.2. The van der Waals surface area contributed by atoms with Crippen molar-refractivity contribution >= 4 is 47.2 Å². The van der Waals surface area contributed by atoms with Crippen molar-refractivity contribution < 1.29 is 145 Å². The normalized spacial score (nSPS) is 20.5. The second kappa shape index (κ2) is 43.4. The molecule has 6 aliphatic carbocycles. The number of hydrogen-bond acceptors (Lipinski definition) is 12. The van der Waals surface area contributed by atoms with Crippen molar-refractivity contribution in [3.05, 3.63) is 128 Å². The van der Waals surface area contributed by atoms with Crippen LogP contribution in [0.25, 0.3) is 0 Å². The molecule has 0 aromatic heterocycles. The summed E-state index contributed by atoms with van der Waals surface area (Å²) in [4.78, 5) is 23.6. The maximum absolute atomic E-state index is 12.9. The molecule has 1 unspecified atom stereocenters. The Hall–Kier alpha value is -0.757. The second-order valence-corrected chi connectivity index (χ2v) is 35.0. The van der Waals surface area contributed by atoms with Crippen LogP contribution in [0.5, 0.6) is 0 Å². The van der Waals surface area contributed by atoms with Crippen LogP contribution in [0.15, 0.2) is 137 Å². The van der Waals surface area contributed by atoms with Crippen molar-refractivity contribution in [1.82, 2.24) is 0 Å². The first-order valence-corrected chi connectivity index (χ1v) is 38.5. The van der Waals surface area contributed by atoms with Gasteiger partial charge in [-0.15, -0.1) is 0 Å². The number of Topliss-reactive ketones (excluding diaryl/α,β-unsaturated/α-hetero) is 2. The molecule has 2 aromatic rings. The monoisotopic (exact) mass is 1850 g/mol. The summed E-state index contributed by atoms with van der Waals surface area (Å²) < 4.78 is 50.8. The van der Waals surface area contributed by atoms with Gasteiger partial charge >= 0.3 is 0 Å². The van der Waals surface area contributed by atoms with E-state index in [9.17, 15) is 31.5 Å². The van der Waals surface area contributed by atoms with Crippen molar-refractivity contribution in [3.8, 4) is 0 Å². The van der Waals surface area contributed by atoms with Crippen molar-refractivity contribution in [2.75, 3.05) is 44.3 Å². The predicted molar refractivity (Wildman–Crippen MR) is 389 cm³/mol. The fourth-order valence-corrected chi connectivity index (χ4v) is 18.8. The molecular weight excluding hydrogens is 1730 g/mol. The molecule has 8 rings (SSSR count). The summed E-state index contributed by atoms with van der Waals surface area (Å²) in [6.07, 6.45) is 20.1. The first kappa shape index (κ1) is 94.2. The Bertz CT molecular complexity index is 3070. The van der Waals surface area contributed by atoms with E-state index in [2.05, 4.69) is 120 Å². The molecule has 0 spiro atoms. The van der Waals surface area contributed by atoms with E-state index in [-0.39, 0.29) is 157 Å². The van der Waals surface area contributed by atoms with Crippen molar-refractivity contribution in [1.29, 1.82) is 0 Å². The summed E-state index contributed by atoms with van der Waals surface area (Å²) >= 11 is 2.70. The molecule has 12 nitrogen and oxygen atoms in total. The summed E-state index contributed by atoms with van der Waals surface area (Å²) in [6.45, 7) is 39.0. The van der Waals surface area contributed by atoms with Crippen LogP contribution in [-0.4, -0.2) is 109 Å². The fraction of sp³-hybridized carbons (Fsp3) is 0.667. The van der Waals surface area contributed by atoms with Gasteiger partial charge in [0.2, 0.25) is 0 Å². The number of carbonyl (C=O) groups is 2. The van der Waals surface area contributed by atoms with Crippen LogP contribution < -0.4 is 0 Å². The van der Waals surface area contributed by atoms with Crippen LogP contribution in [0.3, 0.4) is 0 Å². The smallest absolute Gasteiger partial charge is 0.187 e. The molecule has 0 saturated carbocycles. The standard InChI is InChI=1S/C17H24O3S.C16H22O2S.2C11H18O2.2C11H20O.CH3BrO.2Ac/c1-13-8-7-11-17(2,3)16(13)15(12-18)21(19,20)14-9-5-4-6-10-14;1-13-8-7-11-16(2,3)15(13)12-19(17,18)14-9-5-4-6-10-14;2*1-8-9(5-7-12)11(2,3)6-4-10(8)13;2*1-9-5-4-7-11(2,3)10(9)6-8-12;2-1-3;;/h4-6,9-10,15,18H,7-8,11-12H2,1-3H3;4-6,9-10H,7-8,11-12H2,1-3H3;2*12H,4-7H2,1-3H3;2*12H,4-8H2,1-3H3;3H,1H2;;. The third-order valence-electron chi connectivity index (χ3n) is 20.7. The SMILES string of the molecule is CC1=C(C(CO)S(=O)(=O)c2ccccc2)C(C)(C)CCC1.CC1=C(CCO)C(C)(C)CCC1.CC1=C(CCO)C(C)(C)CCC1.CC1=C(CCO)C(C)(C)CCC1=O.CC1=C(CCO)C(C)(C)CCC1=O.CC1=C(CS(=O)(=O)c2ccccc2)C(C)(C)CCC1.OCBr.[Ac].[Ac]. The largest absolute Gasteiger partial charge is 0.396 e. The fourth-order valence-electron chi connectivity index (χ4n) is 15.2. The number of carbonyl (C=O) groups excluding carboxylic acids is 2. The summed E-state index contributed by atoms with van der Waals surface area (Å²) in [5.41, 5.74) is 15.2. The summed E-state index contributed by atoms with van der Waals surface area (Å²) in [5.74, 6) is 0.668. The predicted octanol–water partition coefficient (Wildman–Crippen LogP) is 17.6. The molecule has 17 heteroatoms. The summed E-state index contributed by atoms with van der Waals surface area (Å²) in [5, 5.41) is 52.1. The quantitative estimate of drug-likeness (QED) is 0.0724. The van der Waals surface area contributed by atoms with Crippen LogP contribution in [0, 0.1) is 121 Å². The molecule has 1 atom stereocenters. The molecule has 2 radical (unpaired) electrons. The Morgan fingerprint density at radius 3 is 0.989 bits per heavy atom. The van der Waals surface area contributed by atoms with Gasteiger partial charge in [0.15, 0.2) is 31.2 Å². The van der Waals surface area contributed by atoms with Crippen molar-refractivity contribution in [2.45, 2.75) is 268 Å². The maximum Gasteiger partial charge on any atom is 0.187 e. The minimum Gasteiger partial charge on any atom is -0.396 e. The van der Waals surface area contributed by atoms with E-state index < -0.39 is 24.9 Å². The van der Waals surface area contributed by atoms with E-state index in [0.717, 1.165) is 103 Å². The molecule has 95 heavy (non-hydrogen) atoms. The number of alkyl halides is 1. The van der Waals surface area contributed by atoms with E-state index in [4.69, 9.17) is 25.5 Å². The van der Waals surface area contributed by atoms with E-state index in [1.54, 1.807) is 54.6 Å². The van der Waals surface area contributed by atoms with Crippen molar-refractivity contribution in [2.24, 2.45) is 32.5 Å². The number of aliphatic hydroxyl groups excluding tert-OH is 6. The average molecular weight is 1850 g/mol. The minimum atomic E-state index is -3.56. The van der Waals surface area contributed by atoms with Gasteiger partial charge in [0.05, 0.1) is 27.7 Å². The first-order chi connectivity index (χ1) is 43.2. The van der Waals surface area contributed by atoms with Gasteiger partial charge in [-0.3, -0.25) is 9.59 Å². The summed E-state index contributed by atoms with van der Waals surface area (Å²) in [6, 6.07) is 17.2. The van der Waals surface area contributed by atoms with E-state index in [0.29, 0.717) is 54.6 Å². The van der Waals surface area contributed by atoms with Gasteiger partial charge in [0.25, 0.3) is 0 Å². The zero-order chi connectivity index (χ0) is 71.0. The van der Waals surface area contributed by atoms with Crippen LogP contribution >= 0.6 is 15.9 Å². The molecule has 0 amide bonds. The van der Waals surface area contributed by atoms with Gasteiger partial charge in [-0.1, -0.05) is 186 Å². The molecule has 0 fully saturated rings. The van der Waals surface area contributed by atoms with E-state index >= 15 is 0 Å². The number of sulfone groups is 2. The van der Waals surface area contributed by atoms with Gasteiger partial charge in [-0.05, 0) is 231 Å². The maximum atomic E-state index is 12.9. The Morgan fingerprint density at radius 1 is 0.400 bits per heavy atom. The number of rotatable bonds is 15. The Labute approximate surface area is 657 Å². The topological polar surface area (TPSA) is 224 Å². The van der Waals surface area contributed by atoms with Crippen LogP contribution in [0.4, 0.5) is 0 Å². The van der Waals surface area contributed by atoms with Gasteiger partial charge < -0.3 is 30.6 Å². The molecule has 534 valence electrons. The summed E-state index contributed by atoms with van der Waals surface area (Å²) in [7, 11) is -6.78. The number of halogens is 1. The number of hydrogen-bond donors (Lipinski definition) is 6. The van der Waals surface area contributed by atoms with Crippen molar-refractivity contribution in [3.63, 3.8) is 0 Å². The van der Waals surface area contributed by atoms with Crippen LogP contribution in [0.2, 0.25) is 0 Å². The molecule has 0 bridgehead atoms. The number of allylic oxidation sites excluding steroid dienone is 6. The molecule has 0 saturated heterocycles. The van der Waals surface area contributed by atoms with E-state index in [1.807, 2.05) is 26.8 Å². The Balaban J connectivity index is 0.00000112. The molecule has 0 aliphatic heterocycles. The van der Waals surface area contributed by atoms with Gasteiger partial charge in [-0.25, -0.2) is 16.8 Å². The van der Waals surface area contributed by atoms with E-state index in [1.165, 1.54) is 66.4 Å². The second-order valence-electron chi connectivity index (χ2n) is 30.4. The molecule has 6 N–H and O–H groups in total.